The minimum atomic E-state index is 0.0788. The molecule has 18 heavy (non-hydrogen) atoms. The maximum Gasteiger partial charge on any atom is 0.241 e. The first-order valence-electron chi connectivity index (χ1n) is 5.57. The van der Waals surface area contributed by atoms with Crippen molar-refractivity contribution in [3.8, 4) is 0 Å². The Hall–Kier alpha value is -1.33. The zero-order chi connectivity index (χ0) is 13.3. The van der Waals surface area contributed by atoms with Gasteiger partial charge in [0.2, 0.25) is 5.91 Å². The van der Waals surface area contributed by atoms with Crippen LogP contribution in [0.3, 0.4) is 0 Å². The lowest BCUT2D eigenvalue weighted by atomic mass is 10.1. The van der Waals surface area contributed by atoms with Crippen LogP contribution in [-0.2, 0) is 4.79 Å². The highest BCUT2D eigenvalue weighted by atomic mass is 35.5. The van der Waals surface area contributed by atoms with E-state index in [1.165, 1.54) is 0 Å². The third-order valence-electron chi connectivity index (χ3n) is 3.02. The van der Waals surface area contributed by atoms with Crippen LogP contribution in [0.15, 0.2) is 18.2 Å². The molecule has 96 valence electrons. The van der Waals surface area contributed by atoms with E-state index in [0.717, 1.165) is 17.8 Å². The van der Waals surface area contributed by atoms with Gasteiger partial charge in [-0.1, -0.05) is 23.8 Å². The number of piperazine rings is 1. The second kappa shape index (κ2) is 5.12. The molecule has 1 amide bonds. The first kappa shape index (κ1) is 13.1. The molecule has 2 rings (SSSR count). The first-order chi connectivity index (χ1) is 8.49. The number of hydrogen-bond acceptors (Lipinski definition) is 3. The number of nitrogens with zero attached hydrogens (tertiary/aromatic N) is 2. The number of halogens is 1. The van der Waals surface area contributed by atoms with E-state index in [2.05, 4.69) is 0 Å². The van der Waals surface area contributed by atoms with Crippen molar-refractivity contribution in [2.45, 2.75) is 0 Å². The molecular weight excluding hydrogens is 270 g/mol. The standard InChI is InChI=1S/C12H14ClN3OS/c1-15-4-5-16(7-11(15)17)10-6-8(13)2-3-9(10)12(14)18/h2-3,6H,4-5,7H2,1H3,(H2,14,18). The van der Waals surface area contributed by atoms with Gasteiger partial charge in [0.15, 0.2) is 0 Å². The van der Waals surface area contributed by atoms with Gasteiger partial charge in [-0.15, -0.1) is 0 Å². The van der Waals surface area contributed by atoms with Crippen molar-refractivity contribution in [2.24, 2.45) is 5.73 Å². The van der Waals surface area contributed by atoms with E-state index in [-0.39, 0.29) is 5.91 Å². The van der Waals surface area contributed by atoms with Crippen molar-refractivity contribution in [2.75, 3.05) is 31.6 Å². The normalized spacial score (nSPS) is 16.0. The van der Waals surface area contributed by atoms with E-state index >= 15 is 0 Å². The lowest BCUT2D eigenvalue weighted by Gasteiger charge is -2.34. The third kappa shape index (κ3) is 2.57. The van der Waals surface area contributed by atoms with Crippen molar-refractivity contribution in [1.82, 2.24) is 4.90 Å². The number of likely N-dealkylation sites (N-methyl/N-ethyl adjacent to an activating group) is 1. The Morgan fingerprint density at radius 3 is 2.78 bits per heavy atom. The topological polar surface area (TPSA) is 49.6 Å². The predicted octanol–water partition coefficient (Wildman–Crippen LogP) is 1.25. The van der Waals surface area contributed by atoms with E-state index in [1.807, 2.05) is 4.90 Å². The van der Waals surface area contributed by atoms with Crippen molar-refractivity contribution < 1.29 is 4.79 Å². The summed E-state index contributed by atoms with van der Waals surface area (Å²) in [4.78, 5) is 15.7. The molecule has 0 bridgehead atoms. The van der Waals surface area contributed by atoms with Gasteiger partial charge in [-0.25, -0.2) is 0 Å². The number of carbonyl (C=O) groups excluding carboxylic acids is 1. The molecule has 0 unspecified atom stereocenters. The Morgan fingerprint density at radius 2 is 2.17 bits per heavy atom. The number of hydrogen-bond donors (Lipinski definition) is 1. The van der Waals surface area contributed by atoms with Crippen molar-refractivity contribution in [3.63, 3.8) is 0 Å². The lowest BCUT2D eigenvalue weighted by molar-refractivity contribution is -0.129. The van der Waals surface area contributed by atoms with Gasteiger partial charge in [0.05, 0.1) is 6.54 Å². The van der Waals surface area contributed by atoms with E-state index in [4.69, 9.17) is 29.6 Å². The van der Waals surface area contributed by atoms with Crippen LogP contribution in [0, 0.1) is 0 Å². The Morgan fingerprint density at radius 1 is 1.44 bits per heavy atom. The highest BCUT2D eigenvalue weighted by Crippen LogP contribution is 2.26. The first-order valence-corrected chi connectivity index (χ1v) is 6.36. The molecule has 6 heteroatoms. The van der Waals surface area contributed by atoms with Crippen LogP contribution in [0.1, 0.15) is 5.56 Å². The Labute approximate surface area is 116 Å². The molecular formula is C12H14ClN3OS. The molecule has 0 spiro atoms. The molecule has 1 aromatic rings. The van der Waals surface area contributed by atoms with Gasteiger partial charge < -0.3 is 15.5 Å². The number of nitrogens with two attached hydrogens (primary N) is 1. The van der Waals surface area contributed by atoms with Gasteiger partial charge in [-0.2, -0.15) is 0 Å². The molecule has 0 atom stereocenters. The second-order valence-electron chi connectivity index (χ2n) is 4.26. The highest BCUT2D eigenvalue weighted by Gasteiger charge is 2.23. The van der Waals surface area contributed by atoms with Gasteiger partial charge in [0.25, 0.3) is 0 Å². The molecule has 1 fully saturated rings. The quantitative estimate of drug-likeness (QED) is 0.830. The van der Waals surface area contributed by atoms with Crippen molar-refractivity contribution in [3.05, 3.63) is 28.8 Å². The summed E-state index contributed by atoms with van der Waals surface area (Å²) in [7, 11) is 1.80. The SMILES string of the molecule is CN1CCN(c2cc(Cl)ccc2C(N)=S)CC1=O. The zero-order valence-electron chi connectivity index (χ0n) is 10.0. The maximum atomic E-state index is 11.7. The van der Waals surface area contributed by atoms with Gasteiger partial charge in [0.1, 0.15) is 4.99 Å². The van der Waals surface area contributed by atoms with E-state index in [1.54, 1.807) is 30.1 Å². The van der Waals surface area contributed by atoms with Gasteiger partial charge in [0, 0.05) is 36.4 Å². The van der Waals surface area contributed by atoms with Crippen LogP contribution >= 0.6 is 23.8 Å². The molecule has 0 aliphatic carbocycles. The molecule has 1 aromatic carbocycles. The predicted molar refractivity (Wildman–Crippen MR) is 77.2 cm³/mol. The smallest absolute Gasteiger partial charge is 0.241 e. The van der Waals surface area contributed by atoms with Gasteiger partial charge >= 0.3 is 0 Å². The zero-order valence-corrected chi connectivity index (χ0v) is 11.6. The van der Waals surface area contributed by atoms with Gasteiger partial charge in [-0.05, 0) is 18.2 Å². The lowest BCUT2D eigenvalue weighted by Crippen LogP contribution is -2.49. The number of benzene rings is 1. The molecule has 1 aliphatic heterocycles. The number of carbonyl (C=O) groups is 1. The average molecular weight is 284 g/mol. The number of anilines is 1. The average Bonchev–Trinajstić information content (AvgIpc) is 2.32. The van der Waals surface area contributed by atoms with Crippen LogP contribution in [-0.4, -0.2) is 42.5 Å². The summed E-state index contributed by atoms with van der Waals surface area (Å²) in [6.07, 6.45) is 0. The summed E-state index contributed by atoms with van der Waals surface area (Å²) in [5, 5.41) is 0.608. The monoisotopic (exact) mass is 283 g/mol. The van der Waals surface area contributed by atoms with Crippen LogP contribution in [0.4, 0.5) is 5.69 Å². The molecule has 0 aromatic heterocycles. The van der Waals surface area contributed by atoms with E-state index < -0.39 is 0 Å². The summed E-state index contributed by atoms with van der Waals surface area (Å²) in [5.41, 5.74) is 7.29. The fraction of sp³-hybridized carbons (Fsp3) is 0.333. The van der Waals surface area contributed by atoms with Crippen LogP contribution in [0.5, 0.6) is 0 Å². The Kier molecular flexibility index (Phi) is 3.73. The largest absolute Gasteiger partial charge is 0.389 e. The molecule has 2 N–H and O–H groups in total. The Bertz CT molecular complexity index is 506. The molecule has 1 aliphatic rings. The van der Waals surface area contributed by atoms with Gasteiger partial charge in [-0.3, -0.25) is 4.79 Å². The highest BCUT2D eigenvalue weighted by molar-refractivity contribution is 7.80. The maximum absolute atomic E-state index is 11.7. The Balaban J connectivity index is 2.35. The summed E-state index contributed by atoms with van der Waals surface area (Å²) in [5.74, 6) is 0.0788. The summed E-state index contributed by atoms with van der Waals surface area (Å²) < 4.78 is 0. The molecule has 0 saturated carbocycles. The van der Waals surface area contributed by atoms with Crippen LogP contribution in [0.2, 0.25) is 5.02 Å². The summed E-state index contributed by atoms with van der Waals surface area (Å²) in [6, 6.07) is 5.34. The van der Waals surface area contributed by atoms with Crippen LogP contribution in [0.25, 0.3) is 0 Å². The minimum Gasteiger partial charge on any atom is -0.389 e. The van der Waals surface area contributed by atoms with Crippen molar-refractivity contribution >= 4 is 40.4 Å². The van der Waals surface area contributed by atoms with E-state index in [0.29, 0.717) is 23.1 Å². The van der Waals surface area contributed by atoms with E-state index in [9.17, 15) is 4.79 Å². The number of rotatable bonds is 2. The second-order valence-corrected chi connectivity index (χ2v) is 5.14. The molecule has 1 saturated heterocycles. The minimum absolute atomic E-state index is 0.0788. The van der Waals surface area contributed by atoms with Crippen LogP contribution < -0.4 is 10.6 Å². The molecule has 1 heterocycles. The molecule has 0 radical (unpaired) electrons. The summed E-state index contributed by atoms with van der Waals surface area (Å²) >= 11 is 11.0. The fourth-order valence-electron chi connectivity index (χ4n) is 1.94. The third-order valence-corrected chi connectivity index (χ3v) is 3.48. The number of thiocarbonyl (C=S) groups is 1. The molecule has 4 nitrogen and oxygen atoms in total. The number of amides is 1. The fourth-order valence-corrected chi connectivity index (χ4v) is 2.28. The van der Waals surface area contributed by atoms with Crippen molar-refractivity contribution in [1.29, 1.82) is 0 Å². The summed E-state index contributed by atoms with van der Waals surface area (Å²) in [6.45, 7) is 1.76.